The number of carboxylic acids is 1. The van der Waals surface area contributed by atoms with E-state index >= 15 is 0 Å². The summed E-state index contributed by atoms with van der Waals surface area (Å²) in [5.41, 5.74) is -0.684. The highest BCUT2D eigenvalue weighted by Crippen LogP contribution is 2.19. The average molecular weight is 304 g/mol. The molecule has 21 heavy (non-hydrogen) atoms. The second kappa shape index (κ2) is 6.96. The van der Waals surface area contributed by atoms with Crippen molar-refractivity contribution in [2.45, 2.75) is 13.8 Å². The number of carbonyl (C=O) groups is 2. The fourth-order valence-electron chi connectivity index (χ4n) is 1.66. The molecular weight excluding hydrogens is 289 g/mol. The number of nitrogens with one attached hydrogen (secondary N) is 1. The van der Waals surface area contributed by atoms with E-state index < -0.39 is 41.7 Å². The van der Waals surface area contributed by atoms with Crippen LogP contribution in [0.2, 0.25) is 0 Å². The minimum atomic E-state index is -1.45. The molecule has 0 radical (unpaired) electrons. The smallest absolute Gasteiger partial charge is 0.323 e. The van der Waals surface area contributed by atoms with E-state index in [1.807, 2.05) is 5.32 Å². The minimum Gasteiger partial charge on any atom is -0.480 e. The highest BCUT2D eigenvalue weighted by atomic mass is 19.2. The topological polar surface area (TPSA) is 69.6 Å². The third kappa shape index (κ3) is 4.97. The van der Waals surface area contributed by atoms with Gasteiger partial charge in [0.2, 0.25) is 0 Å². The number of hydrogen-bond acceptors (Lipinski definition) is 2. The minimum absolute atomic E-state index is 0.0378. The van der Waals surface area contributed by atoms with Gasteiger partial charge in [0.05, 0.1) is 5.69 Å². The maximum atomic E-state index is 13.4. The van der Waals surface area contributed by atoms with Crippen molar-refractivity contribution in [1.82, 2.24) is 4.90 Å². The summed E-state index contributed by atoms with van der Waals surface area (Å²) in [6, 6.07) is 0.00803. The molecule has 1 aromatic carbocycles. The Bertz CT molecular complexity index is 550. The molecule has 0 spiro atoms. The van der Waals surface area contributed by atoms with E-state index in [-0.39, 0.29) is 12.5 Å². The molecular formula is C13H15F3N2O3. The van der Waals surface area contributed by atoms with Crippen LogP contribution in [0.1, 0.15) is 13.8 Å². The Balaban J connectivity index is 2.93. The molecule has 0 aliphatic heterocycles. The number of benzene rings is 1. The van der Waals surface area contributed by atoms with Crippen molar-refractivity contribution in [2.24, 2.45) is 5.92 Å². The fourth-order valence-corrected chi connectivity index (χ4v) is 1.66. The number of nitrogens with zero attached hydrogens (tertiary/aromatic N) is 1. The molecule has 8 heteroatoms. The van der Waals surface area contributed by atoms with Crippen molar-refractivity contribution in [3.05, 3.63) is 29.6 Å². The molecule has 5 nitrogen and oxygen atoms in total. The van der Waals surface area contributed by atoms with Gasteiger partial charge in [0.1, 0.15) is 12.4 Å². The van der Waals surface area contributed by atoms with Crippen LogP contribution in [0.15, 0.2) is 12.1 Å². The molecule has 0 aliphatic carbocycles. The van der Waals surface area contributed by atoms with Gasteiger partial charge in [-0.25, -0.2) is 18.0 Å². The lowest BCUT2D eigenvalue weighted by molar-refractivity contribution is -0.137. The Kier molecular flexibility index (Phi) is 5.57. The van der Waals surface area contributed by atoms with Gasteiger partial charge in [-0.2, -0.15) is 0 Å². The van der Waals surface area contributed by atoms with Gasteiger partial charge in [-0.1, -0.05) is 13.8 Å². The summed E-state index contributed by atoms with van der Waals surface area (Å²) in [5.74, 6) is -5.21. The quantitative estimate of drug-likeness (QED) is 0.822. The normalized spacial score (nSPS) is 10.6. The second-order valence-corrected chi connectivity index (χ2v) is 4.85. The molecule has 0 saturated carbocycles. The average Bonchev–Trinajstić information content (AvgIpc) is 2.33. The summed E-state index contributed by atoms with van der Waals surface area (Å²) >= 11 is 0. The van der Waals surface area contributed by atoms with Crippen LogP contribution in [0, 0.1) is 23.4 Å². The van der Waals surface area contributed by atoms with Gasteiger partial charge in [-0.05, 0) is 5.92 Å². The number of halogens is 3. The zero-order valence-corrected chi connectivity index (χ0v) is 11.5. The largest absolute Gasteiger partial charge is 0.480 e. The zero-order chi connectivity index (χ0) is 16.2. The highest BCUT2D eigenvalue weighted by molar-refractivity contribution is 5.91. The van der Waals surface area contributed by atoms with Crippen molar-refractivity contribution < 1.29 is 27.9 Å². The SMILES string of the molecule is CC(C)CN(CC(=O)O)C(=O)Nc1cc(F)cc(F)c1F. The fraction of sp³-hybridized carbons (Fsp3) is 0.385. The molecule has 0 bridgehead atoms. The number of urea groups is 1. The second-order valence-electron chi connectivity index (χ2n) is 4.85. The molecule has 116 valence electrons. The number of hydrogen-bond donors (Lipinski definition) is 2. The van der Waals surface area contributed by atoms with Crippen LogP contribution in [0.4, 0.5) is 23.7 Å². The van der Waals surface area contributed by atoms with Gasteiger partial charge in [-0.3, -0.25) is 4.79 Å². The molecule has 0 aliphatic rings. The Labute approximate surface area is 119 Å². The molecule has 0 saturated heterocycles. The van der Waals surface area contributed by atoms with E-state index in [4.69, 9.17) is 5.11 Å². The van der Waals surface area contributed by atoms with E-state index in [9.17, 15) is 22.8 Å². The first kappa shape index (κ1) is 16.8. The molecule has 1 rings (SSSR count). The number of carbonyl (C=O) groups excluding carboxylic acids is 1. The zero-order valence-electron chi connectivity index (χ0n) is 11.5. The van der Waals surface area contributed by atoms with Gasteiger partial charge in [0.25, 0.3) is 0 Å². The first-order valence-corrected chi connectivity index (χ1v) is 6.13. The van der Waals surface area contributed by atoms with Crippen LogP contribution in [-0.4, -0.2) is 35.1 Å². The van der Waals surface area contributed by atoms with Gasteiger partial charge in [0.15, 0.2) is 11.6 Å². The van der Waals surface area contributed by atoms with E-state index in [1.54, 1.807) is 13.8 Å². The number of amides is 2. The first-order valence-electron chi connectivity index (χ1n) is 6.13. The lowest BCUT2D eigenvalue weighted by Gasteiger charge is -2.23. The van der Waals surface area contributed by atoms with E-state index in [1.165, 1.54) is 0 Å². The molecule has 2 amide bonds. The van der Waals surface area contributed by atoms with Gasteiger partial charge < -0.3 is 15.3 Å². The lowest BCUT2D eigenvalue weighted by atomic mass is 10.2. The summed E-state index contributed by atoms with van der Waals surface area (Å²) in [6.45, 7) is 3.00. The van der Waals surface area contributed by atoms with E-state index in [0.29, 0.717) is 12.1 Å². The van der Waals surface area contributed by atoms with Crippen LogP contribution in [-0.2, 0) is 4.79 Å². The Hall–Kier alpha value is -2.25. The Morgan fingerprint density at radius 3 is 2.43 bits per heavy atom. The molecule has 2 N–H and O–H groups in total. The monoisotopic (exact) mass is 304 g/mol. The molecule has 0 unspecified atom stereocenters. The highest BCUT2D eigenvalue weighted by Gasteiger charge is 2.20. The summed E-state index contributed by atoms with van der Waals surface area (Å²) in [6.07, 6.45) is 0. The lowest BCUT2D eigenvalue weighted by Crippen LogP contribution is -2.41. The number of carboxylic acid groups (broad SMARTS) is 1. The van der Waals surface area contributed by atoms with Crippen molar-refractivity contribution in [1.29, 1.82) is 0 Å². The predicted octanol–water partition coefficient (Wildman–Crippen LogP) is 2.68. The third-order valence-corrected chi connectivity index (χ3v) is 2.43. The molecule has 1 aromatic rings. The van der Waals surface area contributed by atoms with Crippen molar-refractivity contribution >= 4 is 17.7 Å². The first-order chi connectivity index (χ1) is 9.70. The van der Waals surface area contributed by atoms with E-state index in [2.05, 4.69) is 0 Å². The van der Waals surface area contributed by atoms with Crippen molar-refractivity contribution in [3.8, 4) is 0 Å². The summed E-state index contributed by atoms with van der Waals surface area (Å²) in [7, 11) is 0. The predicted molar refractivity (Wildman–Crippen MR) is 69.4 cm³/mol. The molecule has 0 atom stereocenters. The number of rotatable bonds is 5. The van der Waals surface area contributed by atoms with Gasteiger partial charge in [-0.15, -0.1) is 0 Å². The Morgan fingerprint density at radius 2 is 1.90 bits per heavy atom. The maximum Gasteiger partial charge on any atom is 0.323 e. The number of aliphatic carboxylic acids is 1. The van der Waals surface area contributed by atoms with E-state index in [0.717, 1.165) is 4.90 Å². The maximum absolute atomic E-state index is 13.4. The van der Waals surface area contributed by atoms with Gasteiger partial charge >= 0.3 is 12.0 Å². The van der Waals surface area contributed by atoms with Crippen molar-refractivity contribution in [2.75, 3.05) is 18.4 Å². The van der Waals surface area contributed by atoms with Crippen LogP contribution in [0.5, 0.6) is 0 Å². The summed E-state index contributed by atoms with van der Waals surface area (Å²) in [4.78, 5) is 23.5. The van der Waals surface area contributed by atoms with Crippen molar-refractivity contribution in [3.63, 3.8) is 0 Å². The molecule has 0 fully saturated rings. The Morgan fingerprint density at radius 1 is 1.29 bits per heavy atom. The third-order valence-electron chi connectivity index (χ3n) is 2.43. The standard InChI is InChI=1S/C13H15F3N2O3/c1-7(2)5-18(6-11(19)20)13(21)17-10-4-8(14)3-9(15)12(10)16/h3-4,7H,5-6H2,1-2H3,(H,17,21)(H,19,20). The van der Waals surface area contributed by atoms with Crippen LogP contribution >= 0.6 is 0 Å². The number of anilines is 1. The summed E-state index contributed by atoms with van der Waals surface area (Å²) in [5, 5.41) is 10.7. The summed E-state index contributed by atoms with van der Waals surface area (Å²) < 4.78 is 39.5. The molecule has 0 aromatic heterocycles. The van der Waals surface area contributed by atoms with Gasteiger partial charge in [0, 0.05) is 18.7 Å². The molecule has 0 heterocycles. The van der Waals surface area contributed by atoms with Crippen LogP contribution in [0.3, 0.4) is 0 Å². The van der Waals surface area contributed by atoms with Crippen LogP contribution < -0.4 is 5.32 Å². The van der Waals surface area contributed by atoms with Crippen LogP contribution in [0.25, 0.3) is 0 Å².